The first-order chi connectivity index (χ1) is 8.33. The summed E-state index contributed by atoms with van der Waals surface area (Å²) in [5.74, 6) is 0. The highest BCUT2D eigenvalue weighted by Crippen LogP contribution is 2.09. The van der Waals surface area contributed by atoms with Gasteiger partial charge in [0.2, 0.25) is 0 Å². The Balaban J connectivity index is 1.92. The Morgan fingerprint density at radius 1 is 1.00 bits per heavy atom. The molecule has 98 valence electrons. The summed E-state index contributed by atoms with van der Waals surface area (Å²) in [4.78, 5) is 0. The molecule has 17 heavy (non-hydrogen) atoms. The van der Waals surface area contributed by atoms with Crippen LogP contribution in [0.4, 0.5) is 0 Å². The molecule has 1 aromatic heterocycles. The van der Waals surface area contributed by atoms with Crippen LogP contribution in [0, 0.1) is 0 Å². The molecule has 0 bridgehead atoms. The van der Waals surface area contributed by atoms with E-state index in [9.17, 15) is 0 Å². The van der Waals surface area contributed by atoms with Gasteiger partial charge in [0.05, 0.1) is 0 Å². The molecule has 0 aliphatic heterocycles. The van der Waals surface area contributed by atoms with E-state index in [1.54, 1.807) is 12.7 Å². The van der Waals surface area contributed by atoms with Gasteiger partial charge in [0.1, 0.15) is 12.7 Å². The molecule has 1 unspecified atom stereocenters. The van der Waals surface area contributed by atoms with Crippen LogP contribution < -0.4 is 5.73 Å². The summed E-state index contributed by atoms with van der Waals surface area (Å²) < 4.78 is 1.99. The van der Waals surface area contributed by atoms with Gasteiger partial charge in [0.15, 0.2) is 0 Å². The molecule has 4 nitrogen and oxygen atoms in total. The van der Waals surface area contributed by atoms with Gasteiger partial charge in [-0.2, -0.15) is 0 Å². The molecule has 0 aromatic carbocycles. The molecule has 1 heterocycles. The smallest absolute Gasteiger partial charge is 0.119 e. The standard InChI is InChI=1S/C13H26N4/c1-2-3-4-5-6-7-8-13(14)9-10-17-11-15-16-12-17/h11-13H,2-10,14H2,1H3. The third kappa shape index (κ3) is 7.10. The molecule has 0 saturated carbocycles. The Hall–Kier alpha value is -0.900. The van der Waals surface area contributed by atoms with Crippen molar-refractivity contribution in [2.75, 3.05) is 0 Å². The Bertz CT molecular complexity index is 258. The topological polar surface area (TPSA) is 56.7 Å². The fraction of sp³-hybridized carbons (Fsp3) is 0.846. The van der Waals surface area contributed by atoms with Crippen LogP contribution >= 0.6 is 0 Å². The molecule has 0 aliphatic rings. The van der Waals surface area contributed by atoms with E-state index in [2.05, 4.69) is 17.1 Å². The summed E-state index contributed by atoms with van der Waals surface area (Å²) in [6, 6.07) is 0.323. The van der Waals surface area contributed by atoms with Gasteiger partial charge in [-0.15, -0.1) is 10.2 Å². The van der Waals surface area contributed by atoms with Crippen molar-refractivity contribution >= 4 is 0 Å². The molecular weight excluding hydrogens is 212 g/mol. The predicted octanol–water partition coefficient (Wildman–Crippen LogP) is 2.75. The second kappa shape index (κ2) is 9.16. The highest BCUT2D eigenvalue weighted by molar-refractivity contribution is 4.66. The predicted molar refractivity (Wildman–Crippen MR) is 70.6 cm³/mol. The van der Waals surface area contributed by atoms with Gasteiger partial charge in [0.25, 0.3) is 0 Å². The summed E-state index contributed by atoms with van der Waals surface area (Å²) in [7, 11) is 0. The Kier molecular flexibility index (Phi) is 7.63. The lowest BCUT2D eigenvalue weighted by Gasteiger charge is -2.11. The third-order valence-corrected chi connectivity index (χ3v) is 3.15. The van der Waals surface area contributed by atoms with Crippen LogP contribution in [0.3, 0.4) is 0 Å². The molecule has 1 atom stereocenters. The van der Waals surface area contributed by atoms with Crippen LogP contribution in [0.1, 0.15) is 58.3 Å². The van der Waals surface area contributed by atoms with Crippen LogP contribution in [0.25, 0.3) is 0 Å². The van der Waals surface area contributed by atoms with Crippen molar-refractivity contribution in [3.8, 4) is 0 Å². The molecule has 0 radical (unpaired) electrons. The number of hydrogen-bond donors (Lipinski definition) is 1. The zero-order valence-electron chi connectivity index (χ0n) is 11.0. The average Bonchev–Trinajstić information content (AvgIpc) is 2.84. The molecule has 1 rings (SSSR count). The number of hydrogen-bond acceptors (Lipinski definition) is 3. The van der Waals surface area contributed by atoms with Gasteiger partial charge in [-0.3, -0.25) is 0 Å². The van der Waals surface area contributed by atoms with Gasteiger partial charge in [-0.05, 0) is 12.8 Å². The summed E-state index contributed by atoms with van der Waals surface area (Å²) >= 11 is 0. The average molecular weight is 238 g/mol. The largest absolute Gasteiger partial charge is 0.328 e. The van der Waals surface area contributed by atoms with E-state index in [1.165, 1.54) is 38.5 Å². The molecule has 4 heteroatoms. The Labute approximate surface area is 105 Å². The van der Waals surface area contributed by atoms with E-state index in [0.717, 1.165) is 19.4 Å². The van der Waals surface area contributed by atoms with Crippen LogP contribution in [0.5, 0.6) is 0 Å². The minimum absolute atomic E-state index is 0.323. The molecular formula is C13H26N4. The summed E-state index contributed by atoms with van der Waals surface area (Å²) in [6.07, 6.45) is 13.7. The summed E-state index contributed by atoms with van der Waals surface area (Å²) in [5, 5.41) is 7.55. The molecule has 2 N–H and O–H groups in total. The third-order valence-electron chi connectivity index (χ3n) is 3.15. The van der Waals surface area contributed by atoms with Crippen molar-refractivity contribution < 1.29 is 0 Å². The fourth-order valence-corrected chi connectivity index (χ4v) is 1.98. The van der Waals surface area contributed by atoms with Gasteiger partial charge < -0.3 is 10.3 Å². The quantitative estimate of drug-likeness (QED) is 0.638. The SMILES string of the molecule is CCCCCCCCC(N)CCn1cnnc1. The van der Waals surface area contributed by atoms with Gasteiger partial charge in [0, 0.05) is 12.6 Å². The normalized spacial score (nSPS) is 12.8. The first-order valence-corrected chi connectivity index (χ1v) is 6.91. The molecule has 0 amide bonds. The first-order valence-electron chi connectivity index (χ1n) is 6.91. The maximum Gasteiger partial charge on any atom is 0.119 e. The number of aromatic nitrogens is 3. The van der Waals surface area contributed by atoms with Gasteiger partial charge in [-0.1, -0.05) is 45.4 Å². The van der Waals surface area contributed by atoms with Crippen molar-refractivity contribution in [1.82, 2.24) is 14.8 Å². The highest BCUT2D eigenvalue weighted by atomic mass is 15.2. The van der Waals surface area contributed by atoms with E-state index in [0.29, 0.717) is 6.04 Å². The monoisotopic (exact) mass is 238 g/mol. The minimum Gasteiger partial charge on any atom is -0.328 e. The number of nitrogens with two attached hydrogens (primary N) is 1. The number of unbranched alkanes of at least 4 members (excludes halogenated alkanes) is 5. The van der Waals surface area contributed by atoms with Crippen molar-refractivity contribution in [1.29, 1.82) is 0 Å². The Morgan fingerprint density at radius 2 is 1.65 bits per heavy atom. The van der Waals surface area contributed by atoms with E-state index >= 15 is 0 Å². The van der Waals surface area contributed by atoms with Crippen LogP contribution in [0.15, 0.2) is 12.7 Å². The zero-order valence-corrected chi connectivity index (χ0v) is 11.0. The van der Waals surface area contributed by atoms with Gasteiger partial charge in [-0.25, -0.2) is 0 Å². The second-order valence-corrected chi connectivity index (χ2v) is 4.80. The Morgan fingerprint density at radius 3 is 2.35 bits per heavy atom. The minimum atomic E-state index is 0.323. The number of rotatable bonds is 10. The maximum atomic E-state index is 6.08. The van der Waals surface area contributed by atoms with E-state index in [4.69, 9.17) is 5.73 Å². The number of aryl methyl sites for hydroxylation is 1. The zero-order chi connectivity index (χ0) is 12.3. The lowest BCUT2D eigenvalue weighted by molar-refractivity contribution is 0.482. The molecule has 0 spiro atoms. The van der Waals surface area contributed by atoms with Crippen molar-refractivity contribution in [2.24, 2.45) is 5.73 Å². The first kappa shape index (κ1) is 14.2. The summed E-state index contributed by atoms with van der Waals surface area (Å²) in [6.45, 7) is 3.19. The number of nitrogens with zero attached hydrogens (tertiary/aromatic N) is 3. The van der Waals surface area contributed by atoms with E-state index in [-0.39, 0.29) is 0 Å². The second-order valence-electron chi connectivity index (χ2n) is 4.80. The van der Waals surface area contributed by atoms with Crippen LogP contribution in [-0.4, -0.2) is 20.8 Å². The van der Waals surface area contributed by atoms with Crippen molar-refractivity contribution in [3.63, 3.8) is 0 Å². The van der Waals surface area contributed by atoms with Gasteiger partial charge >= 0.3 is 0 Å². The van der Waals surface area contributed by atoms with E-state index < -0.39 is 0 Å². The lowest BCUT2D eigenvalue weighted by Crippen LogP contribution is -2.21. The molecule has 0 fully saturated rings. The molecule has 0 saturated heterocycles. The van der Waals surface area contributed by atoms with E-state index in [1.807, 2.05) is 4.57 Å². The maximum absolute atomic E-state index is 6.08. The highest BCUT2D eigenvalue weighted by Gasteiger charge is 2.02. The molecule has 1 aromatic rings. The van der Waals surface area contributed by atoms with Crippen molar-refractivity contribution in [2.45, 2.75) is 70.9 Å². The van der Waals surface area contributed by atoms with Crippen LogP contribution in [0.2, 0.25) is 0 Å². The van der Waals surface area contributed by atoms with Crippen LogP contribution in [-0.2, 0) is 6.54 Å². The lowest BCUT2D eigenvalue weighted by atomic mass is 10.0. The summed E-state index contributed by atoms with van der Waals surface area (Å²) in [5.41, 5.74) is 6.08. The fourth-order valence-electron chi connectivity index (χ4n) is 1.98. The molecule has 0 aliphatic carbocycles. The van der Waals surface area contributed by atoms with Crippen molar-refractivity contribution in [3.05, 3.63) is 12.7 Å².